The molecule has 0 radical (unpaired) electrons. The molecular weight excluding hydrogens is 272 g/mol. The summed E-state index contributed by atoms with van der Waals surface area (Å²) in [7, 11) is 0. The van der Waals surface area contributed by atoms with Crippen molar-refractivity contribution in [3.8, 4) is 0 Å². The van der Waals surface area contributed by atoms with E-state index in [1.807, 2.05) is 23.9 Å². The molecule has 2 heterocycles. The molecule has 90 valence electrons. The average molecular weight is 285 g/mol. The second-order valence-corrected chi connectivity index (χ2v) is 7.17. The maximum absolute atomic E-state index is 5.97. The number of halogens is 1. The zero-order chi connectivity index (χ0) is 11.7. The minimum atomic E-state index is 0.715. The number of hydrogen-bond acceptors (Lipinski definition) is 4. The fraction of sp³-hybridized carbons (Fsp3) is 0.417. The van der Waals surface area contributed by atoms with Gasteiger partial charge in [-0.25, -0.2) is 4.98 Å². The zero-order valence-electron chi connectivity index (χ0n) is 9.28. The summed E-state index contributed by atoms with van der Waals surface area (Å²) in [5, 5.41) is 4.87. The van der Waals surface area contributed by atoms with Gasteiger partial charge in [0.25, 0.3) is 0 Å². The van der Waals surface area contributed by atoms with Gasteiger partial charge in [0.15, 0.2) is 4.34 Å². The predicted octanol–water partition coefficient (Wildman–Crippen LogP) is 3.79. The first-order valence-corrected chi connectivity index (χ1v) is 7.82. The van der Waals surface area contributed by atoms with E-state index in [1.54, 1.807) is 11.3 Å². The molecule has 0 atom stereocenters. The predicted molar refractivity (Wildman–Crippen MR) is 76.4 cm³/mol. The lowest BCUT2D eigenvalue weighted by molar-refractivity contribution is 0.531. The number of hydrogen-bond donors (Lipinski definition) is 1. The van der Waals surface area contributed by atoms with Crippen LogP contribution in [-0.2, 0) is 0 Å². The van der Waals surface area contributed by atoms with Gasteiger partial charge in [0, 0.05) is 10.3 Å². The molecule has 0 unspecified atom stereocenters. The van der Waals surface area contributed by atoms with E-state index in [4.69, 9.17) is 11.6 Å². The SMILES string of the molecule is Clc1ccc2sc(SC3CCNCC3)nc2c1. The van der Waals surface area contributed by atoms with Crippen molar-refractivity contribution in [3.05, 3.63) is 23.2 Å². The molecule has 0 saturated carbocycles. The number of aromatic nitrogens is 1. The van der Waals surface area contributed by atoms with Gasteiger partial charge >= 0.3 is 0 Å². The lowest BCUT2D eigenvalue weighted by Gasteiger charge is -2.20. The lowest BCUT2D eigenvalue weighted by atomic mass is 10.2. The Hall–Kier alpha value is -0.290. The van der Waals surface area contributed by atoms with Gasteiger partial charge in [0.2, 0.25) is 0 Å². The molecule has 0 amide bonds. The highest BCUT2D eigenvalue weighted by Crippen LogP contribution is 2.35. The maximum Gasteiger partial charge on any atom is 0.151 e. The molecule has 1 aliphatic heterocycles. The van der Waals surface area contributed by atoms with Crippen molar-refractivity contribution >= 4 is 44.9 Å². The van der Waals surface area contributed by atoms with Gasteiger partial charge in [-0.3, -0.25) is 0 Å². The fourth-order valence-corrected chi connectivity index (χ4v) is 4.61. The number of rotatable bonds is 2. The Kier molecular flexibility index (Phi) is 3.56. The van der Waals surface area contributed by atoms with Crippen LogP contribution in [0.2, 0.25) is 5.02 Å². The molecule has 0 bridgehead atoms. The molecule has 0 spiro atoms. The summed E-state index contributed by atoms with van der Waals surface area (Å²) in [6.45, 7) is 2.27. The number of nitrogens with zero attached hydrogens (tertiary/aromatic N) is 1. The summed E-state index contributed by atoms with van der Waals surface area (Å²) in [5.41, 5.74) is 1.03. The van der Waals surface area contributed by atoms with E-state index < -0.39 is 0 Å². The first-order valence-electron chi connectivity index (χ1n) is 5.75. The van der Waals surface area contributed by atoms with Crippen LogP contribution in [0.3, 0.4) is 0 Å². The molecule has 0 aliphatic carbocycles. The normalized spacial score (nSPS) is 17.7. The third kappa shape index (κ3) is 2.76. The third-order valence-electron chi connectivity index (χ3n) is 2.88. The summed E-state index contributed by atoms with van der Waals surface area (Å²) >= 11 is 9.66. The quantitative estimate of drug-likeness (QED) is 0.908. The minimum absolute atomic E-state index is 0.715. The van der Waals surface area contributed by atoms with Crippen molar-refractivity contribution in [1.82, 2.24) is 10.3 Å². The number of fused-ring (bicyclic) bond motifs is 1. The summed E-state index contributed by atoms with van der Waals surface area (Å²) < 4.78 is 2.40. The third-order valence-corrected chi connectivity index (χ3v) is 5.59. The van der Waals surface area contributed by atoms with E-state index in [0.29, 0.717) is 5.25 Å². The summed E-state index contributed by atoms with van der Waals surface area (Å²) in [5.74, 6) is 0. The highest BCUT2D eigenvalue weighted by Gasteiger charge is 2.16. The summed E-state index contributed by atoms with van der Waals surface area (Å²) in [6.07, 6.45) is 2.47. The smallest absolute Gasteiger partial charge is 0.151 e. The zero-order valence-corrected chi connectivity index (χ0v) is 11.7. The highest BCUT2D eigenvalue weighted by molar-refractivity contribution is 8.01. The van der Waals surface area contributed by atoms with Gasteiger partial charge in [0.1, 0.15) is 0 Å². The Bertz CT molecular complexity index is 520. The van der Waals surface area contributed by atoms with Gasteiger partial charge < -0.3 is 5.32 Å². The fourth-order valence-electron chi connectivity index (χ4n) is 1.99. The number of benzene rings is 1. The number of nitrogens with one attached hydrogen (secondary N) is 1. The average Bonchev–Trinajstić information content (AvgIpc) is 2.71. The molecule has 1 saturated heterocycles. The Morgan fingerprint density at radius 2 is 2.18 bits per heavy atom. The van der Waals surface area contributed by atoms with Crippen LogP contribution < -0.4 is 5.32 Å². The number of thiazole rings is 1. The van der Waals surface area contributed by atoms with E-state index in [2.05, 4.69) is 16.4 Å². The van der Waals surface area contributed by atoms with Crippen LogP contribution in [0.25, 0.3) is 10.2 Å². The van der Waals surface area contributed by atoms with Crippen LogP contribution in [0.4, 0.5) is 0 Å². The molecule has 3 rings (SSSR count). The van der Waals surface area contributed by atoms with Gasteiger partial charge in [-0.2, -0.15) is 0 Å². The van der Waals surface area contributed by atoms with Crippen molar-refractivity contribution in [3.63, 3.8) is 0 Å². The van der Waals surface area contributed by atoms with Crippen LogP contribution in [0.1, 0.15) is 12.8 Å². The molecule has 2 nitrogen and oxygen atoms in total. The molecule has 1 N–H and O–H groups in total. The molecular formula is C12H13ClN2S2. The van der Waals surface area contributed by atoms with Crippen molar-refractivity contribution in [2.75, 3.05) is 13.1 Å². The Balaban J connectivity index is 1.80. The van der Waals surface area contributed by atoms with Gasteiger partial charge in [-0.1, -0.05) is 23.4 Å². The van der Waals surface area contributed by atoms with E-state index in [9.17, 15) is 0 Å². The van der Waals surface area contributed by atoms with E-state index in [0.717, 1.165) is 23.6 Å². The van der Waals surface area contributed by atoms with Crippen molar-refractivity contribution in [2.24, 2.45) is 0 Å². The van der Waals surface area contributed by atoms with Crippen LogP contribution in [0.15, 0.2) is 22.5 Å². The number of piperidine rings is 1. The Labute approximate surface area is 114 Å². The molecule has 1 aromatic heterocycles. The van der Waals surface area contributed by atoms with Gasteiger partial charge in [0.05, 0.1) is 10.2 Å². The molecule has 5 heteroatoms. The van der Waals surface area contributed by atoms with Crippen molar-refractivity contribution < 1.29 is 0 Å². The molecule has 2 aromatic rings. The largest absolute Gasteiger partial charge is 0.317 e. The lowest BCUT2D eigenvalue weighted by Crippen LogP contribution is -2.29. The summed E-state index contributed by atoms with van der Waals surface area (Å²) in [4.78, 5) is 4.64. The van der Waals surface area contributed by atoms with Crippen molar-refractivity contribution in [1.29, 1.82) is 0 Å². The second kappa shape index (κ2) is 5.14. The van der Waals surface area contributed by atoms with Crippen LogP contribution >= 0.6 is 34.7 Å². The number of thioether (sulfide) groups is 1. The first-order chi connectivity index (χ1) is 8.31. The molecule has 1 aromatic carbocycles. The van der Waals surface area contributed by atoms with E-state index in [-0.39, 0.29) is 0 Å². The minimum Gasteiger partial charge on any atom is -0.317 e. The van der Waals surface area contributed by atoms with Gasteiger partial charge in [-0.05, 0) is 44.1 Å². The monoisotopic (exact) mass is 284 g/mol. The standard InChI is InChI=1S/C12H13ClN2S2/c13-8-1-2-11-10(7-8)15-12(17-11)16-9-3-5-14-6-4-9/h1-2,7,9,14H,3-6H2. The van der Waals surface area contributed by atoms with Crippen LogP contribution in [0.5, 0.6) is 0 Å². The molecule has 1 aliphatic rings. The van der Waals surface area contributed by atoms with E-state index in [1.165, 1.54) is 21.9 Å². The first kappa shape index (κ1) is 11.8. The molecule has 17 heavy (non-hydrogen) atoms. The topological polar surface area (TPSA) is 24.9 Å². The Morgan fingerprint density at radius 1 is 1.35 bits per heavy atom. The highest BCUT2D eigenvalue weighted by atomic mass is 35.5. The molecule has 1 fully saturated rings. The van der Waals surface area contributed by atoms with Crippen LogP contribution in [-0.4, -0.2) is 23.3 Å². The summed E-state index contributed by atoms with van der Waals surface area (Å²) in [6, 6.07) is 5.93. The Morgan fingerprint density at radius 3 is 3.00 bits per heavy atom. The van der Waals surface area contributed by atoms with Crippen LogP contribution in [0, 0.1) is 0 Å². The van der Waals surface area contributed by atoms with Crippen molar-refractivity contribution in [2.45, 2.75) is 22.4 Å². The second-order valence-electron chi connectivity index (χ2n) is 4.16. The maximum atomic E-state index is 5.97. The van der Waals surface area contributed by atoms with E-state index >= 15 is 0 Å². The van der Waals surface area contributed by atoms with Gasteiger partial charge in [-0.15, -0.1) is 11.3 Å².